The number of aryl methyl sites for hydroxylation is 3. The zero-order chi connectivity index (χ0) is 35.6. The van der Waals surface area contributed by atoms with Crippen LogP contribution in [-0.4, -0.2) is 58.5 Å². The maximum Gasteiger partial charge on any atom is 0.264 e. The van der Waals surface area contributed by atoms with Gasteiger partial charge in [-0.2, -0.15) is 0 Å². The van der Waals surface area contributed by atoms with Crippen molar-refractivity contribution in [2.24, 2.45) is 0 Å². The van der Waals surface area contributed by atoms with E-state index in [0.717, 1.165) is 45.0 Å². The van der Waals surface area contributed by atoms with Gasteiger partial charge in [0.15, 0.2) is 11.5 Å². The Labute approximate surface area is 290 Å². The number of sulfonamides is 1. The van der Waals surface area contributed by atoms with E-state index in [-0.39, 0.29) is 29.5 Å². The Morgan fingerprint density at radius 3 is 2.10 bits per heavy atom. The summed E-state index contributed by atoms with van der Waals surface area (Å²) in [6.45, 7) is 7.79. The van der Waals surface area contributed by atoms with Crippen molar-refractivity contribution < 1.29 is 27.5 Å². The molecule has 1 unspecified atom stereocenters. The quantitative estimate of drug-likeness (QED) is 0.137. The van der Waals surface area contributed by atoms with Gasteiger partial charge in [-0.3, -0.25) is 13.9 Å². The van der Waals surface area contributed by atoms with Crippen molar-refractivity contribution in [2.75, 3.05) is 31.6 Å². The Hall–Kier alpha value is -4.83. The van der Waals surface area contributed by atoms with Crippen molar-refractivity contribution in [3.05, 3.63) is 119 Å². The number of hydrogen-bond donors (Lipinski definition) is 1. The van der Waals surface area contributed by atoms with Crippen molar-refractivity contribution in [2.45, 2.75) is 64.4 Å². The number of carbonyl (C=O) groups excluding carboxylic acids is 2. The summed E-state index contributed by atoms with van der Waals surface area (Å²) in [6, 6.07) is 26.1. The summed E-state index contributed by atoms with van der Waals surface area (Å²) in [5.74, 6) is -0.196. The molecule has 0 bridgehead atoms. The molecule has 1 N–H and O–H groups in total. The Morgan fingerprint density at radius 2 is 1.47 bits per heavy atom. The van der Waals surface area contributed by atoms with Crippen molar-refractivity contribution in [3.8, 4) is 11.5 Å². The number of carbonyl (C=O) groups is 2. The molecule has 0 radical (unpaired) electrons. The van der Waals surface area contributed by atoms with Crippen molar-refractivity contribution >= 4 is 27.5 Å². The van der Waals surface area contributed by atoms with Gasteiger partial charge in [0.25, 0.3) is 10.0 Å². The molecule has 10 heteroatoms. The fraction of sp³-hybridized carbons (Fsp3) is 0.333. The van der Waals surface area contributed by atoms with E-state index in [1.807, 2.05) is 88.4 Å². The van der Waals surface area contributed by atoms with E-state index in [1.54, 1.807) is 12.1 Å². The molecule has 0 aliphatic carbocycles. The normalized spacial score (nSPS) is 11.8. The van der Waals surface area contributed by atoms with Gasteiger partial charge in [-0.15, -0.1) is 0 Å². The lowest BCUT2D eigenvalue weighted by Gasteiger charge is -2.34. The van der Waals surface area contributed by atoms with Crippen molar-refractivity contribution in [1.82, 2.24) is 10.2 Å². The van der Waals surface area contributed by atoms with Gasteiger partial charge in [-0.05, 0) is 79.3 Å². The molecule has 1 atom stereocenters. The summed E-state index contributed by atoms with van der Waals surface area (Å²) >= 11 is 0. The summed E-state index contributed by atoms with van der Waals surface area (Å²) in [6.07, 6.45) is 1.94. The maximum absolute atomic E-state index is 14.8. The van der Waals surface area contributed by atoms with E-state index in [0.29, 0.717) is 18.0 Å². The monoisotopic (exact) mass is 685 g/mol. The van der Waals surface area contributed by atoms with Crippen LogP contribution in [0.5, 0.6) is 11.5 Å². The highest BCUT2D eigenvalue weighted by Gasteiger charge is 2.35. The molecule has 0 saturated carbocycles. The number of rotatable bonds is 16. The molecular formula is C39H47N3O6S. The predicted molar refractivity (Wildman–Crippen MR) is 194 cm³/mol. The van der Waals surface area contributed by atoms with Crippen LogP contribution in [0.1, 0.15) is 47.6 Å². The third-order valence-electron chi connectivity index (χ3n) is 8.42. The molecule has 0 heterocycles. The maximum atomic E-state index is 14.8. The summed E-state index contributed by atoms with van der Waals surface area (Å²) < 4.78 is 41.0. The second-order valence-corrected chi connectivity index (χ2v) is 14.0. The van der Waals surface area contributed by atoms with Gasteiger partial charge in [0.2, 0.25) is 11.8 Å². The van der Waals surface area contributed by atoms with E-state index < -0.39 is 28.5 Å². The highest BCUT2D eigenvalue weighted by atomic mass is 32.2. The second-order valence-electron chi connectivity index (χ2n) is 12.2. The molecule has 4 rings (SSSR count). The fourth-order valence-electron chi connectivity index (χ4n) is 5.76. The predicted octanol–water partition coefficient (Wildman–Crippen LogP) is 6.38. The van der Waals surface area contributed by atoms with E-state index in [1.165, 1.54) is 37.3 Å². The molecule has 4 aromatic carbocycles. The number of anilines is 1. The minimum Gasteiger partial charge on any atom is -0.493 e. The average Bonchev–Trinajstić information content (AvgIpc) is 3.09. The van der Waals surface area contributed by atoms with Crippen molar-refractivity contribution in [3.63, 3.8) is 0 Å². The minimum atomic E-state index is -4.33. The van der Waals surface area contributed by atoms with Crippen LogP contribution in [0, 0.1) is 20.8 Å². The third-order valence-corrected chi connectivity index (χ3v) is 10.2. The van der Waals surface area contributed by atoms with E-state index in [2.05, 4.69) is 5.32 Å². The van der Waals surface area contributed by atoms with Gasteiger partial charge in [-0.1, -0.05) is 74.0 Å². The molecule has 0 spiro atoms. The lowest BCUT2D eigenvalue weighted by atomic mass is 10.0. The van der Waals surface area contributed by atoms with E-state index in [4.69, 9.17) is 9.47 Å². The van der Waals surface area contributed by atoms with Crippen LogP contribution >= 0.6 is 0 Å². The number of nitrogens with one attached hydrogen (secondary N) is 1. The molecule has 9 nitrogen and oxygen atoms in total. The summed E-state index contributed by atoms with van der Waals surface area (Å²) in [4.78, 5) is 30.2. The first kappa shape index (κ1) is 37.0. The van der Waals surface area contributed by atoms with Gasteiger partial charge in [-0.25, -0.2) is 8.42 Å². The smallest absolute Gasteiger partial charge is 0.264 e. The summed E-state index contributed by atoms with van der Waals surface area (Å²) in [5, 5.41) is 3.03. The summed E-state index contributed by atoms with van der Waals surface area (Å²) in [7, 11) is -1.42. The van der Waals surface area contributed by atoms with Gasteiger partial charge in [0, 0.05) is 25.6 Å². The van der Waals surface area contributed by atoms with Crippen molar-refractivity contribution in [1.29, 1.82) is 0 Å². The fourth-order valence-corrected chi connectivity index (χ4v) is 7.17. The number of ether oxygens (including phenoxy) is 2. The number of methoxy groups -OCH3 is 2. The number of nitrogens with zero attached hydrogens (tertiary/aromatic N) is 2. The first-order chi connectivity index (χ1) is 23.5. The third kappa shape index (κ3) is 9.41. The van der Waals surface area contributed by atoms with Crippen LogP contribution in [0.4, 0.5) is 5.69 Å². The van der Waals surface area contributed by atoms with Gasteiger partial charge in [0.1, 0.15) is 12.6 Å². The SMILES string of the molecule is CCCCNC(=O)C(Cc1ccccc1)N(Cc1ccccc1C)C(=O)CN(c1cc(C)cc(C)c1)S(=O)(=O)c1ccc(OC)c(OC)c1. The number of benzene rings is 4. The molecule has 2 amide bonds. The first-order valence-corrected chi connectivity index (χ1v) is 17.9. The van der Waals surface area contributed by atoms with Gasteiger partial charge < -0.3 is 19.7 Å². The second kappa shape index (κ2) is 17.0. The lowest BCUT2D eigenvalue weighted by Crippen LogP contribution is -2.53. The number of unbranched alkanes of at least 4 members (excludes halogenated alkanes) is 1. The van der Waals surface area contributed by atoms with Crippen LogP contribution in [0.2, 0.25) is 0 Å². The van der Waals surface area contributed by atoms with E-state index in [9.17, 15) is 18.0 Å². The van der Waals surface area contributed by atoms with Crippen LogP contribution < -0.4 is 19.1 Å². The first-order valence-electron chi connectivity index (χ1n) is 16.5. The zero-order valence-corrected chi connectivity index (χ0v) is 30.0. The summed E-state index contributed by atoms with van der Waals surface area (Å²) in [5.41, 5.74) is 4.70. The van der Waals surface area contributed by atoms with Gasteiger partial charge in [0.05, 0.1) is 24.8 Å². The molecule has 0 aliphatic heterocycles. The molecule has 49 heavy (non-hydrogen) atoms. The van der Waals surface area contributed by atoms with Crippen LogP contribution in [0.15, 0.2) is 95.9 Å². The molecular weight excluding hydrogens is 639 g/mol. The molecule has 0 fully saturated rings. The highest BCUT2D eigenvalue weighted by molar-refractivity contribution is 7.92. The molecule has 0 aromatic heterocycles. The Balaban J connectivity index is 1.85. The largest absolute Gasteiger partial charge is 0.493 e. The highest BCUT2D eigenvalue weighted by Crippen LogP contribution is 2.33. The molecule has 4 aromatic rings. The number of hydrogen-bond acceptors (Lipinski definition) is 6. The van der Waals surface area contributed by atoms with Crippen LogP contribution in [-0.2, 0) is 32.6 Å². The number of amides is 2. The zero-order valence-electron chi connectivity index (χ0n) is 29.2. The molecule has 0 aliphatic rings. The van der Waals surface area contributed by atoms with Crippen LogP contribution in [0.25, 0.3) is 0 Å². The standard InChI is InChI=1S/C39H47N3O6S/c1-7-8-20-40-39(44)35(24-31-15-10-9-11-16-31)41(26-32-17-13-12-14-30(32)4)38(43)27-42(33-22-28(2)21-29(3)23-33)49(45,46)34-18-19-36(47-5)37(25-34)48-6/h9-19,21-23,25,35H,7-8,20,24,26-27H2,1-6H3,(H,40,44). The lowest BCUT2D eigenvalue weighted by molar-refractivity contribution is -0.140. The Morgan fingerprint density at radius 1 is 0.816 bits per heavy atom. The van der Waals surface area contributed by atoms with Gasteiger partial charge >= 0.3 is 0 Å². The Kier molecular flexibility index (Phi) is 12.8. The Bertz CT molecular complexity index is 1820. The van der Waals surface area contributed by atoms with E-state index >= 15 is 0 Å². The topological polar surface area (TPSA) is 105 Å². The molecule has 260 valence electrons. The minimum absolute atomic E-state index is 0.0688. The molecule has 0 saturated heterocycles. The average molecular weight is 686 g/mol. The van der Waals surface area contributed by atoms with Crippen LogP contribution in [0.3, 0.4) is 0 Å².